The third-order valence-electron chi connectivity index (χ3n) is 17.5. The Morgan fingerprint density at radius 1 is 0.287 bits per heavy atom. The Bertz CT molecular complexity index is 1820. The summed E-state index contributed by atoms with van der Waals surface area (Å²) >= 11 is 0. The highest BCUT2D eigenvalue weighted by Crippen LogP contribution is 2.45. The zero-order chi connectivity index (χ0) is 69.3. The van der Waals surface area contributed by atoms with Crippen LogP contribution >= 0.6 is 15.6 Å². The van der Waals surface area contributed by atoms with Gasteiger partial charge in [0.05, 0.1) is 26.4 Å². The van der Waals surface area contributed by atoms with E-state index < -0.39 is 97.5 Å². The number of hydrogen-bond acceptors (Lipinski definition) is 15. The predicted molar refractivity (Wildman–Crippen MR) is 381 cm³/mol. The number of carbonyl (C=O) groups excluding carboxylic acids is 4. The van der Waals surface area contributed by atoms with Crippen molar-refractivity contribution in [2.24, 2.45) is 11.8 Å². The van der Waals surface area contributed by atoms with Crippen LogP contribution in [0.2, 0.25) is 0 Å². The van der Waals surface area contributed by atoms with Crippen LogP contribution in [-0.2, 0) is 65.4 Å². The fourth-order valence-corrected chi connectivity index (χ4v) is 13.1. The largest absolute Gasteiger partial charge is 0.472 e. The van der Waals surface area contributed by atoms with Gasteiger partial charge in [0.1, 0.15) is 19.3 Å². The summed E-state index contributed by atoms with van der Waals surface area (Å²) < 4.78 is 68.5. The van der Waals surface area contributed by atoms with Crippen molar-refractivity contribution < 1.29 is 80.2 Å². The van der Waals surface area contributed by atoms with Crippen LogP contribution in [0.4, 0.5) is 0 Å². The topological polar surface area (TPSA) is 237 Å². The number of carbonyl (C=O) groups is 4. The summed E-state index contributed by atoms with van der Waals surface area (Å²) in [5.41, 5.74) is 0. The molecule has 94 heavy (non-hydrogen) atoms. The van der Waals surface area contributed by atoms with Crippen LogP contribution in [0.1, 0.15) is 388 Å². The normalized spacial score (nSPS) is 14.0. The average Bonchev–Trinajstić information content (AvgIpc) is 1.41. The van der Waals surface area contributed by atoms with Crippen LogP contribution in [0.5, 0.6) is 0 Å². The lowest BCUT2D eigenvalue weighted by Gasteiger charge is -2.21. The molecule has 0 rings (SSSR count). The molecule has 2 unspecified atom stereocenters. The molecule has 0 aliphatic heterocycles. The molecule has 0 amide bonds. The molecule has 5 atom stereocenters. The lowest BCUT2D eigenvalue weighted by atomic mass is 10.0. The zero-order valence-electron chi connectivity index (χ0n) is 61.3. The Kier molecular flexibility index (Phi) is 65.5. The minimum Gasteiger partial charge on any atom is -0.462 e. The van der Waals surface area contributed by atoms with Gasteiger partial charge in [-0.3, -0.25) is 37.3 Å². The number of aliphatic hydroxyl groups excluding tert-OH is 1. The molecule has 0 fully saturated rings. The molecular formula is C75H146O17P2. The standard InChI is InChI=1S/C75H146O17P2/c1-7-9-11-13-15-17-25-33-39-45-51-57-72(77)85-63-70(91-74(79)59-53-47-41-35-26-18-16-14-12-10-8-2)65-89-93(81,82)87-61-69(76)62-88-94(83,84)90-66-71(64-86-73(78)58-52-46-40-34-29-24-23-28-32-38-44-50-56-68(5)6)92-75(80)60-54-48-42-36-30-22-20-19-21-27-31-37-43-49-55-67(3)4/h67-71,76H,7-66H2,1-6H3,(H,81,82)(H,83,84)/t69-,70+,71+/m0/s1. The zero-order valence-corrected chi connectivity index (χ0v) is 63.1. The van der Waals surface area contributed by atoms with Crippen molar-refractivity contribution in [3.8, 4) is 0 Å². The first kappa shape index (κ1) is 92.1. The van der Waals surface area contributed by atoms with E-state index in [0.29, 0.717) is 25.7 Å². The van der Waals surface area contributed by atoms with Gasteiger partial charge in [-0.2, -0.15) is 0 Å². The first-order chi connectivity index (χ1) is 45.4. The van der Waals surface area contributed by atoms with Crippen molar-refractivity contribution in [1.82, 2.24) is 0 Å². The van der Waals surface area contributed by atoms with Gasteiger partial charge in [-0.1, -0.05) is 337 Å². The van der Waals surface area contributed by atoms with Crippen molar-refractivity contribution in [3.05, 3.63) is 0 Å². The molecule has 0 spiro atoms. The van der Waals surface area contributed by atoms with E-state index in [1.54, 1.807) is 0 Å². The number of esters is 4. The molecule has 0 aromatic heterocycles. The van der Waals surface area contributed by atoms with Gasteiger partial charge < -0.3 is 33.8 Å². The highest BCUT2D eigenvalue weighted by atomic mass is 31.2. The van der Waals surface area contributed by atoms with Crippen molar-refractivity contribution >= 4 is 39.5 Å². The lowest BCUT2D eigenvalue weighted by molar-refractivity contribution is -0.161. The maximum absolute atomic E-state index is 13.1. The summed E-state index contributed by atoms with van der Waals surface area (Å²) in [6.45, 7) is 9.62. The van der Waals surface area contributed by atoms with E-state index in [9.17, 15) is 43.2 Å². The van der Waals surface area contributed by atoms with Gasteiger partial charge in [0.15, 0.2) is 12.2 Å². The summed E-state index contributed by atoms with van der Waals surface area (Å²) in [6.07, 6.45) is 53.9. The van der Waals surface area contributed by atoms with E-state index in [4.69, 9.17) is 37.0 Å². The number of hydrogen-bond donors (Lipinski definition) is 3. The summed E-state index contributed by atoms with van der Waals surface area (Å²) in [6, 6.07) is 0. The molecule has 0 aliphatic carbocycles. The first-order valence-electron chi connectivity index (χ1n) is 39.0. The fourth-order valence-electron chi connectivity index (χ4n) is 11.5. The van der Waals surface area contributed by atoms with Gasteiger partial charge in [0, 0.05) is 25.7 Å². The van der Waals surface area contributed by atoms with Crippen LogP contribution in [0.3, 0.4) is 0 Å². The van der Waals surface area contributed by atoms with Crippen LogP contribution in [-0.4, -0.2) is 96.7 Å². The highest BCUT2D eigenvalue weighted by molar-refractivity contribution is 7.47. The second-order valence-corrected chi connectivity index (χ2v) is 30.9. The summed E-state index contributed by atoms with van der Waals surface area (Å²) in [5.74, 6) is -0.538. The third kappa shape index (κ3) is 68.6. The molecule has 0 saturated carbocycles. The van der Waals surface area contributed by atoms with Crippen molar-refractivity contribution in [1.29, 1.82) is 0 Å². The number of ether oxygens (including phenoxy) is 4. The molecular weight excluding hydrogens is 1230 g/mol. The molecule has 3 N–H and O–H groups in total. The van der Waals surface area contributed by atoms with E-state index >= 15 is 0 Å². The maximum Gasteiger partial charge on any atom is 0.472 e. The lowest BCUT2D eigenvalue weighted by Crippen LogP contribution is -2.30. The Morgan fingerprint density at radius 3 is 0.723 bits per heavy atom. The summed E-state index contributed by atoms with van der Waals surface area (Å²) in [4.78, 5) is 72.8. The van der Waals surface area contributed by atoms with Gasteiger partial charge in [0.2, 0.25) is 0 Å². The average molecular weight is 1380 g/mol. The van der Waals surface area contributed by atoms with Crippen molar-refractivity contribution in [3.63, 3.8) is 0 Å². The van der Waals surface area contributed by atoms with E-state index in [2.05, 4.69) is 41.5 Å². The maximum atomic E-state index is 13.1. The van der Waals surface area contributed by atoms with Crippen LogP contribution in [0.25, 0.3) is 0 Å². The predicted octanol–water partition coefficient (Wildman–Crippen LogP) is 21.9. The SMILES string of the molecule is CCCCCCCCCCCCCC(=O)OC[C@H](COP(=O)(O)OC[C@H](O)COP(=O)(O)OC[C@@H](COC(=O)CCCCCCCCCCCCCCC(C)C)OC(=O)CCCCCCCCCCCCCCCCC(C)C)OC(=O)CCCCCCCCCCCCC. The second kappa shape index (κ2) is 66.9. The van der Waals surface area contributed by atoms with Gasteiger partial charge in [0.25, 0.3) is 0 Å². The Labute approximate surface area is 575 Å². The van der Waals surface area contributed by atoms with Gasteiger partial charge in [-0.15, -0.1) is 0 Å². The molecule has 0 heterocycles. The minimum absolute atomic E-state index is 0.107. The number of aliphatic hydroxyl groups is 1. The molecule has 17 nitrogen and oxygen atoms in total. The van der Waals surface area contributed by atoms with Crippen molar-refractivity contribution in [2.45, 2.75) is 407 Å². The van der Waals surface area contributed by atoms with E-state index in [1.807, 2.05) is 0 Å². The summed E-state index contributed by atoms with van der Waals surface area (Å²) in [5, 5.41) is 10.6. The number of phosphoric acid groups is 2. The number of rotatable bonds is 74. The number of phosphoric ester groups is 2. The molecule has 0 radical (unpaired) electrons. The minimum atomic E-state index is -4.96. The molecule has 0 saturated heterocycles. The highest BCUT2D eigenvalue weighted by Gasteiger charge is 2.30. The molecule has 0 bridgehead atoms. The van der Waals surface area contributed by atoms with Crippen LogP contribution in [0.15, 0.2) is 0 Å². The van der Waals surface area contributed by atoms with Gasteiger partial charge in [-0.05, 0) is 37.5 Å². The Balaban J connectivity index is 5.24. The third-order valence-corrected chi connectivity index (χ3v) is 19.4. The molecule has 0 aromatic rings. The van der Waals surface area contributed by atoms with Crippen LogP contribution in [0, 0.1) is 11.8 Å². The van der Waals surface area contributed by atoms with Gasteiger partial charge >= 0.3 is 39.5 Å². The molecule has 0 aromatic carbocycles. The first-order valence-corrected chi connectivity index (χ1v) is 42.0. The smallest absolute Gasteiger partial charge is 0.462 e. The fraction of sp³-hybridized carbons (Fsp3) is 0.947. The van der Waals surface area contributed by atoms with E-state index in [1.165, 1.54) is 205 Å². The molecule has 0 aliphatic rings. The second-order valence-electron chi connectivity index (χ2n) is 28.0. The Morgan fingerprint density at radius 2 is 0.489 bits per heavy atom. The monoisotopic (exact) mass is 1380 g/mol. The van der Waals surface area contributed by atoms with Crippen LogP contribution < -0.4 is 0 Å². The Hall–Kier alpha value is -1.94. The van der Waals surface area contributed by atoms with Crippen molar-refractivity contribution in [2.75, 3.05) is 39.6 Å². The quantitative estimate of drug-likeness (QED) is 0.0222. The molecule has 558 valence electrons. The molecule has 19 heteroatoms. The summed E-state index contributed by atoms with van der Waals surface area (Å²) in [7, 11) is -9.91. The number of unbranched alkanes of at least 4 members (excludes halogenated alkanes) is 44. The van der Waals surface area contributed by atoms with E-state index in [-0.39, 0.29) is 25.7 Å². The van der Waals surface area contributed by atoms with Gasteiger partial charge in [-0.25, -0.2) is 9.13 Å². The van der Waals surface area contributed by atoms with E-state index in [0.717, 1.165) is 102 Å².